The Balaban J connectivity index is 1.75. The second kappa shape index (κ2) is 5.49. The number of nitrogens with zero attached hydrogens (tertiary/aromatic N) is 1. The Morgan fingerprint density at radius 2 is 1.71 bits per heavy atom. The maximum Gasteiger partial charge on any atom is 0.316 e. The number of rotatable bonds is 4. The smallest absolute Gasteiger partial charge is 0.288 e. The monoisotopic (exact) mass is 249 g/mol. The topological polar surface area (TPSA) is 70.6 Å². The first-order valence-corrected chi connectivity index (χ1v) is 6.09. The molecule has 5 nitrogen and oxygen atoms in total. The van der Waals surface area contributed by atoms with Crippen molar-refractivity contribution in [1.82, 2.24) is 10.6 Å². The van der Waals surface area contributed by atoms with Gasteiger partial charge in [-0.05, 0) is 12.1 Å². The lowest BCUT2D eigenvalue weighted by molar-refractivity contribution is -0.135. The number of hydrogen-bond acceptors (Lipinski definition) is 4. The molecule has 88 valence electrons. The number of nitrogens with one attached hydrogen (secondary N) is 2. The summed E-state index contributed by atoms with van der Waals surface area (Å²) in [4.78, 5) is 26.9. The van der Waals surface area contributed by atoms with Crippen molar-refractivity contribution < 1.29 is 9.59 Å². The normalized spacial score (nSPS) is 14.5. The number of thioether (sulfide) groups is 1. The summed E-state index contributed by atoms with van der Waals surface area (Å²) in [5.74, 6) is -0.271. The van der Waals surface area contributed by atoms with Gasteiger partial charge in [0.25, 0.3) is 0 Å². The van der Waals surface area contributed by atoms with Crippen LogP contribution >= 0.6 is 11.8 Å². The fraction of sp³-hybridized carbons (Fsp3) is 0.182. The molecule has 0 bridgehead atoms. The van der Waals surface area contributed by atoms with Crippen molar-refractivity contribution in [2.45, 2.75) is 4.90 Å². The summed E-state index contributed by atoms with van der Waals surface area (Å²) in [6.07, 6.45) is 0. The Morgan fingerprint density at radius 1 is 1.06 bits per heavy atom. The molecule has 1 aliphatic heterocycles. The van der Waals surface area contributed by atoms with E-state index in [2.05, 4.69) is 15.6 Å². The third kappa shape index (κ3) is 3.32. The third-order valence-electron chi connectivity index (χ3n) is 2.04. The van der Waals surface area contributed by atoms with Crippen molar-refractivity contribution in [2.24, 2.45) is 4.99 Å². The van der Waals surface area contributed by atoms with Gasteiger partial charge in [-0.2, -0.15) is 0 Å². The van der Waals surface area contributed by atoms with E-state index in [4.69, 9.17) is 0 Å². The van der Waals surface area contributed by atoms with Gasteiger partial charge in [-0.25, -0.2) is 0 Å². The molecular formula is C11H11N3O2S. The van der Waals surface area contributed by atoms with E-state index in [0.717, 1.165) is 5.75 Å². The molecule has 1 saturated heterocycles. The number of hydrogen-bond donors (Lipinski definition) is 2. The van der Waals surface area contributed by atoms with Gasteiger partial charge in [0.05, 0.1) is 6.54 Å². The zero-order valence-corrected chi connectivity index (χ0v) is 9.79. The predicted molar refractivity (Wildman–Crippen MR) is 65.8 cm³/mol. The Bertz CT molecular complexity index is 441. The van der Waals surface area contributed by atoms with Crippen LogP contribution in [-0.4, -0.2) is 30.1 Å². The third-order valence-corrected chi connectivity index (χ3v) is 3.04. The second-order valence-corrected chi connectivity index (χ2v) is 4.47. The Hall–Kier alpha value is -1.82. The van der Waals surface area contributed by atoms with Crippen LogP contribution in [-0.2, 0) is 9.59 Å². The van der Waals surface area contributed by atoms with Crippen LogP contribution in [0.4, 0.5) is 0 Å². The van der Waals surface area contributed by atoms with E-state index in [1.165, 1.54) is 4.90 Å². The van der Waals surface area contributed by atoms with E-state index >= 15 is 0 Å². The van der Waals surface area contributed by atoms with E-state index in [1.807, 2.05) is 30.3 Å². The van der Waals surface area contributed by atoms with Gasteiger partial charge in [0, 0.05) is 10.6 Å². The quantitative estimate of drug-likeness (QED) is 0.460. The van der Waals surface area contributed by atoms with Gasteiger partial charge in [-0.15, -0.1) is 11.8 Å². The molecule has 0 saturated carbocycles. The maximum absolute atomic E-state index is 10.8. The summed E-state index contributed by atoms with van der Waals surface area (Å²) < 4.78 is 0. The highest BCUT2D eigenvalue weighted by Crippen LogP contribution is 2.16. The minimum atomic E-state index is -0.653. The molecular weight excluding hydrogens is 238 g/mol. The molecule has 1 aliphatic rings. The van der Waals surface area contributed by atoms with Crippen molar-refractivity contribution in [1.29, 1.82) is 0 Å². The summed E-state index contributed by atoms with van der Waals surface area (Å²) in [6, 6.07) is 9.97. The molecule has 0 unspecified atom stereocenters. The lowest BCUT2D eigenvalue weighted by atomic mass is 10.4. The molecule has 1 fully saturated rings. The first-order chi connectivity index (χ1) is 8.25. The highest BCUT2D eigenvalue weighted by Gasteiger charge is 2.24. The molecule has 17 heavy (non-hydrogen) atoms. The van der Waals surface area contributed by atoms with Crippen molar-refractivity contribution in [3.8, 4) is 0 Å². The van der Waals surface area contributed by atoms with Crippen LogP contribution in [0.25, 0.3) is 0 Å². The molecule has 1 aromatic rings. The van der Waals surface area contributed by atoms with Crippen LogP contribution < -0.4 is 10.6 Å². The number of amides is 2. The SMILES string of the molecule is O=C1NC(=NCCSc2ccccc2)NC1=O. The highest BCUT2D eigenvalue weighted by molar-refractivity contribution is 7.99. The molecule has 0 radical (unpaired) electrons. The summed E-state index contributed by atoms with van der Waals surface area (Å²) in [6.45, 7) is 0.537. The lowest BCUT2D eigenvalue weighted by Crippen LogP contribution is -2.26. The van der Waals surface area contributed by atoms with Gasteiger partial charge in [-0.1, -0.05) is 18.2 Å². The number of carbonyl (C=O) groups is 2. The van der Waals surface area contributed by atoms with E-state index < -0.39 is 11.8 Å². The zero-order valence-electron chi connectivity index (χ0n) is 8.97. The zero-order chi connectivity index (χ0) is 12.1. The molecule has 0 aliphatic carbocycles. The second-order valence-electron chi connectivity index (χ2n) is 3.30. The first-order valence-electron chi connectivity index (χ1n) is 5.10. The van der Waals surface area contributed by atoms with Gasteiger partial charge in [0.2, 0.25) is 5.96 Å². The average molecular weight is 249 g/mol. The Morgan fingerprint density at radius 3 is 2.35 bits per heavy atom. The number of carbonyl (C=O) groups excluding carboxylic acids is 2. The summed E-state index contributed by atoms with van der Waals surface area (Å²) in [7, 11) is 0. The number of aliphatic imine (C=N–C) groups is 1. The van der Waals surface area contributed by atoms with Gasteiger partial charge in [0.15, 0.2) is 0 Å². The fourth-order valence-electron chi connectivity index (χ4n) is 1.28. The average Bonchev–Trinajstić information content (AvgIpc) is 2.66. The van der Waals surface area contributed by atoms with Crippen LogP contribution in [0.5, 0.6) is 0 Å². The van der Waals surface area contributed by atoms with Crippen molar-refractivity contribution in [2.75, 3.05) is 12.3 Å². The van der Waals surface area contributed by atoms with Crippen molar-refractivity contribution >= 4 is 29.5 Å². The molecule has 2 N–H and O–H groups in total. The minimum Gasteiger partial charge on any atom is -0.288 e. The van der Waals surface area contributed by atoms with Gasteiger partial charge >= 0.3 is 11.8 Å². The molecule has 1 aromatic carbocycles. The van der Waals surface area contributed by atoms with Crippen LogP contribution in [0.3, 0.4) is 0 Å². The summed E-state index contributed by atoms with van der Waals surface area (Å²) >= 11 is 1.67. The number of guanidine groups is 1. The molecule has 6 heteroatoms. The van der Waals surface area contributed by atoms with Crippen LogP contribution in [0.1, 0.15) is 0 Å². The highest BCUT2D eigenvalue weighted by atomic mass is 32.2. The largest absolute Gasteiger partial charge is 0.316 e. The lowest BCUT2D eigenvalue weighted by Gasteiger charge is -1.99. The molecule has 2 amide bonds. The molecule has 0 aromatic heterocycles. The van der Waals surface area contributed by atoms with Crippen molar-refractivity contribution in [3.63, 3.8) is 0 Å². The minimum absolute atomic E-state index is 0.244. The van der Waals surface area contributed by atoms with Crippen molar-refractivity contribution in [3.05, 3.63) is 30.3 Å². The number of benzene rings is 1. The van der Waals surface area contributed by atoms with Crippen LogP contribution in [0, 0.1) is 0 Å². The fourth-order valence-corrected chi connectivity index (χ4v) is 2.04. The maximum atomic E-state index is 10.8. The standard InChI is InChI=1S/C11H11N3O2S/c15-9-10(16)14-11(13-9)12-6-7-17-8-4-2-1-3-5-8/h1-5H,6-7H2,(H2,12,13,14,15,16). The molecule has 1 heterocycles. The van der Waals surface area contributed by atoms with Gasteiger partial charge in [-0.3, -0.25) is 25.2 Å². The predicted octanol–water partition coefficient (Wildman–Crippen LogP) is 0.381. The molecule has 0 spiro atoms. The Kier molecular flexibility index (Phi) is 3.77. The van der Waals surface area contributed by atoms with E-state index in [1.54, 1.807) is 11.8 Å². The summed E-state index contributed by atoms with van der Waals surface area (Å²) in [5, 5.41) is 4.69. The van der Waals surface area contributed by atoms with Gasteiger partial charge in [0.1, 0.15) is 0 Å². The van der Waals surface area contributed by atoms with Crippen LogP contribution in [0.15, 0.2) is 40.2 Å². The van der Waals surface area contributed by atoms with E-state index in [-0.39, 0.29) is 5.96 Å². The van der Waals surface area contributed by atoms with E-state index in [9.17, 15) is 9.59 Å². The molecule has 0 atom stereocenters. The molecule has 2 rings (SSSR count). The van der Waals surface area contributed by atoms with E-state index in [0.29, 0.717) is 6.54 Å². The van der Waals surface area contributed by atoms with Crippen LogP contribution in [0.2, 0.25) is 0 Å². The van der Waals surface area contributed by atoms with Gasteiger partial charge < -0.3 is 0 Å². The first kappa shape index (κ1) is 11.7. The Labute approximate surface area is 103 Å². The summed E-state index contributed by atoms with van der Waals surface area (Å²) in [5.41, 5.74) is 0.